The molecule has 6 nitrogen and oxygen atoms in total. The third-order valence-corrected chi connectivity index (χ3v) is 4.35. The molecule has 0 spiro atoms. The van der Waals surface area contributed by atoms with Crippen LogP contribution in [0, 0.1) is 0 Å². The molecule has 1 aliphatic heterocycles. The predicted molar refractivity (Wildman–Crippen MR) is 97.8 cm³/mol. The van der Waals surface area contributed by atoms with Gasteiger partial charge in [0.1, 0.15) is 5.75 Å². The summed E-state index contributed by atoms with van der Waals surface area (Å²) in [5.41, 5.74) is 7.56. The third-order valence-electron chi connectivity index (χ3n) is 4.12. The number of carbonyl (C=O) groups excluding carboxylic acids is 3. The molecular weight excluding hydrogens is 356 g/mol. The van der Waals surface area contributed by atoms with Crippen LogP contribution in [0.1, 0.15) is 39.1 Å². The van der Waals surface area contributed by atoms with E-state index in [-0.39, 0.29) is 29.6 Å². The van der Waals surface area contributed by atoms with E-state index in [0.29, 0.717) is 17.0 Å². The molecule has 1 heterocycles. The average Bonchev–Trinajstić information content (AvgIpc) is 2.80. The first-order chi connectivity index (χ1) is 12.4. The zero-order chi connectivity index (χ0) is 18.7. The number of primary amides is 1. The number of aryl methyl sites for hydroxylation is 1. The number of ketones is 1. The summed E-state index contributed by atoms with van der Waals surface area (Å²) < 4.78 is 5.48. The van der Waals surface area contributed by atoms with Crippen molar-refractivity contribution in [1.82, 2.24) is 0 Å². The Kier molecular flexibility index (Phi) is 5.23. The Morgan fingerprint density at radius 1 is 1.15 bits per heavy atom. The Morgan fingerprint density at radius 3 is 2.73 bits per heavy atom. The molecule has 134 valence electrons. The van der Waals surface area contributed by atoms with Gasteiger partial charge >= 0.3 is 0 Å². The topological polar surface area (TPSA) is 98.5 Å². The summed E-state index contributed by atoms with van der Waals surface area (Å²) in [5.74, 6) is -0.741. The molecule has 1 aliphatic rings. The number of rotatable bonds is 5. The van der Waals surface area contributed by atoms with E-state index >= 15 is 0 Å². The molecule has 2 amide bonds. The molecular formula is C19H17ClN2O4. The number of carbonyl (C=O) groups is 3. The molecule has 0 bridgehead atoms. The Labute approximate surface area is 155 Å². The normalized spacial score (nSPS) is 13.3. The van der Waals surface area contributed by atoms with E-state index in [9.17, 15) is 14.4 Å². The molecule has 26 heavy (non-hydrogen) atoms. The summed E-state index contributed by atoms with van der Waals surface area (Å²) in [7, 11) is 0. The molecule has 2 aromatic carbocycles. The fraction of sp³-hybridized carbons (Fsp3) is 0.211. The van der Waals surface area contributed by atoms with Crippen LogP contribution in [-0.4, -0.2) is 24.2 Å². The number of Topliss-reactive ketones (excluding diaryl/α,β-unsaturated/α-hetero) is 1. The van der Waals surface area contributed by atoms with Gasteiger partial charge in [-0.3, -0.25) is 14.4 Å². The highest BCUT2D eigenvalue weighted by Crippen LogP contribution is 2.25. The van der Waals surface area contributed by atoms with Crippen LogP contribution in [-0.2, 0) is 11.2 Å². The molecule has 0 aromatic heterocycles. The highest BCUT2D eigenvalue weighted by Gasteiger charge is 2.17. The second-order valence-corrected chi connectivity index (χ2v) is 6.43. The van der Waals surface area contributed by atoms with Crippen LogP contribution in [0.25, 0.3) is 0 Å². The van der Waals surface area contributed by atoms with E-state index in [1.165, 1.54) is 12.1 Å². The zero-order valence-corrected chi connectivity index (χ0v) is 14.6. The molecule has 0 radical (unpaired) electrons. The van der Waals surface area contributed by atoms with Gasteiger partial charge in [0.2, 0.25) is 5.91 Å². The number of hydrogen-bond acceptors (Lipinski definition) is 4. The fourth-order valence-corrected chi connectivity index (χ4v) is 2.97. The Bertz CT molecular complexity index is 895. The van der Waals surface area contributed by atoms with Gasteiger partial charge in [-0.2, -0.15) is 0 Å². The van der Waals surface area contributed by atoms with Crippen LogP contribution in [0.15, 0.2) is 36.4 Å². The lowest BCUT2D eigenvalue weighted by Gasteiger charge is -2.11. The number of ether oxygens (including phenoxy) is 1. The smallest absolute Gasteiger partial charge is 0.252 e. The Balaban J connectivity index is 1.74. The molecule has 0 saturated heterocycles. The third kappa shape index (κ3) is 4.03. The number of halogens is 1. The van der Waals surface area contributed by atoms with Gasteiger partial charge in [0.15, 0.2) is 12.4 Å². The van der Waals surface area contributed by atoms with Crippen molar-refractivity contribution >= 4 is 34.9 Å². The summed E-state index contributed by atoms with van der Waals surface area (Å²) in [5, 5.41) is 3.18. The van der Waals surface area contributed by atoms with Crippen LogP contribution in [0.2, 0.25) is 5.02 Å². The minimum atomic E-state index is -0.685. The maximum Gasteiger partial charge on any atom is 0.252 e. The largest absolute Gasteiger partial charge is 0.485 e. The van der Waals surface area contributed by atoms with Gasteiger partial charge in [-0.05, 0) is 54.8 Å². The molecule has 0 fully saturated rings. The number of fused-ring (bicyclic) bond motifs is 1. The van der Waals surface area contributed by atoms with Crippen LogP contribution < -0.4 is 15.8 Å². The van der Waals surface area contributed by atoms with Crippen LogP contribution in [0.4, 0.5) is 5.69 Å². The zero-order valence-electron chi connectivity index (χ0n) is 13.9. The van der Waals surface area contributed by atoms with Gasteiger partial charge < -0.3 is 15.8 Å². The quantitative estimate of drug-likeness (QED) is 0.788. The first kappa shape index (κ1) is 17.9. The predicted octanol–water partition coefficient (Wildman–Crippen LogP) is 2.98. The van der Waals surface area contributed by atoms with Gasteiger partial charge in [0, 0.05) is 22.7 Å². The molecule has 0 aliphatic carbocycles. The minimum Gasteiger partial charge on any atom is -0.485 e. The van der Waals surface area contributed by atoms with Crippen LogP contribution >= 0.6 is 11.6 Å². The van der Waals surface area contributed by atoms with Crippen molar-refractivity contribution in [3.05, 3.63) is 58.1 Å². The Morgan fingerprint density at radius 2 is 1.96 bits per heavy atom. The van der Waals surface area contributed by atoms with Crippen molar-refractivity contribution in [3.63, 3.8) is 0 Å². The average molecular weight is 373 g/mol. The number of nitrogens with one attached hydrogen (secondary N) is 1. The van der Waals surface area contributed by atoms with E-state index in [0.717, 1.165) is 24.1 Å². The lowest BCUT2D eigenvalue weighted by molar-refractivity contribution is -0.116. The molecule has 0 unspecified atom stereocenters. The van der Waals surface area contributed by atoms with Crippen LogP contribution in [0.3, 0.4) is 0 Å². The highest BCUT2D eigenvalue weighted by molar-refractivity contribution is 6.31. The van der Waals surface area contributed by atoms with Crippen molar-refractivity contribution in [2.45, 2.75) is 19.3 Å². The van der Waals surface area contributed by atoms with Gasteiger partial charge in [-0.15, -0.1) is 0 Å². The molecule has 0 saturated carbocycles. The van der Waals surface area contributed by atoms with Crippen molar-refractivity contribution in [2.24, 2.45) is 5.73 Å². The maximum absolute atomic E-state index is 12.4. The fourth-order valence-electron chi connectivity index (χ4n) is 2.80. The summed E-state index contributed by atoms with van der Waals surface area (Å²) in [6.07, 6.45) is 1.92. The number of anilines is 1. The number of nitrogens with two attached hydrogens (primary N) is 1. The maximum atomic E-state index is 12.4. The molecule has 0 atom stereocenters. The lowest BCUT2D eigenvalue weighted by atomic mass is 10.0. The molecule has 3 rings (SSSR count). The summed E-state index contributed by atoms with van der Waals surface area (Å²) in [6, 6.07) is 9.59. The molecule has 2 aromatic rings. The monoisotopic (exact) mass is 372 g/mol. The van der Waals surface area contributed by atoms with Gasteiger partial charge in [0.25, 0.3) is 5.91 Å². The summed E-state index contributed by atoms with van der Waals surface area (Å²) in [4.78, 5) is 35.5. The first-order valence-corrected chi connectivity index (χ1v) is 8.50. The highest BCUT2D eigenvalue weighted by atomic mass is 35.5. The second kappa shape index (κ2) is 7.58. The van der Waals surface area contributed by atoms with Crippen molar-refractivity contribution in [2.75, 3.05) is 11.9 Å². The van der Waals surface area contributed by atoms with Gasteiger partial charge in [-0.1, -0.05) is 11.6 Å². The van der Waals surface area contributed by atoms with Crippen molar-refractivity contribution in [1.29, 1.82) is 0 Å². The van der Waals surface area contributed by atoms with E-state index in [1.807, 2.05) is 0 Å². The number of amides is 2. The molecule has 3 N–H and O–H groups in total. The number of benzene rings is 2. The SMILES string of the molecule is NC(=O)c1cc(Cl)ccc1OCC(=O)c1ccc2c(c1)CCCC(=O)N2. The molecule has 7 heteroatoms. The first-order valence-electron chi connectivity index (χ1n) is 8.12. The Hall–Kier alpha value is -2.86. The van der Waals surface area contributed by atoms with E-state index in [2.05, 4.69) is 5.32 Å². The summed E-state index contributed by atoms with van der Waals surface area (Å²) >= 11 is 5.85. The number of hydrogen-bond donors (Lipinski definition) is 2. The van der Waals surface area contributed by atoms with Crippen molar-refractivity contribution in [3.8, 4) is 5.75 Å². The van der Waals surface area contributed by atoms with Crippen molar-refractivity contribution < 1.29 is 19.1 Å². The van der Waals surface area contributed by atoms with E-state index < -0.39 is 5.91 Å². The summed E-state index contributed by atoms with van der Waals surface area (Å²) in [6.45, 7) is -0.243. The van der Waals surface area contributed by atoms with Crippen LogP contribution in [0.5, 0.6) is 5.75 Å². The standard InChI is InChI=1S/C19H17ClN2O4/c20-13-5-7-17(14(9-13)19(21)25)26-10-16(23)12-4-6-15-11(8-12)2-1-3-18(24)22-15/h4-9H,1-3,10H2,(H2,21,25)(H,22,24). The van der Waals surface area contributed by atoms with Gasteiger partial charge in [0.05, 0.1) is 5.56 Å². The van der Waals surface area contributed by atoms with E-state index in [4.69, 9.17) is 22.1 Å². The second-order valence-electron chi connectivity index (χ2n) is 5.99. The van der Waals surface area contributed by atoms with E-state index in [1.54, 1.807) is 24.3 Å². The minimum absolute atomic E-state index is 0.0205. The van der Waals surface area contributed by atoms with Gasteiger partial charge in [-0.25, -0.2) is 0 Å². The lowest BCUT2D eigenvalue weighted by Crippen LogP contribution is -2.17.